The smallest absolute Gasteiger partial charge is 0.253 e. The minimum absolute atomic E-state index is 0.0992. The highest BCUT2D eigenvalue weighted by Crippen LogP contribution is 2.28. The van der Waals surface area contributed by atoms with Crippen molar-refractivity contribution in [2.24, 2.45) is 10.7 Å². The van der Waals surface area contributed by atoms with E-state index in [0.717, 1.165) is 18.8 Å². The molecule has 144 valence electrons. The highest BCUT2D eigenvalue weighted by Gasteiger charge is 2.16. The second-order valence-corrected chi connectivity index (χ2v) is 6.87. The zero-order valence-corrected chi connectivity index (χ0v) is 15.9. The molecule has 1 unspecified atom stereocenters. The molecular weight excluding hydrogens is 352 g/mol. The summed E-state index contributed by atoms with van der Waals surface area (Å²) in [5, 5.41) is 4.19. The van der Waals surface area contributed by atoms with Crippen molar-refractivity contribution in [2.45, 2.75) is 12.8 Å². The normalized spacial score (nSPS) is 16.2. The van der Waals surface area contributed by atoms with Crippen molar-refractivity contribution in [3.8, 4) is 11.1 Å². The first-order valence-corrected chi connectivity index (χ1v) is 9.49. The summed E-state index contributed by atoms with van der Waals surface area (Å²) in [6.07, 6.45) is 0. The summed E-state index contributed by atoms with van der Waals surface area (Å²) >= 11 is 0. The first kappa shape index (κ1) is 18.3. The third-order valence-electron chi connectivity index (χ3n) is 5.04. The van der Waals surface area contributed by atoms with Gasteiger partial charge in [-0.1, -0.05) is 66.7 Å². The van der Waals surface area contributed by atoms with Crippen molar-refractivity contribution in [3.63, 3.8) is 0 Å². The van der Waals surface area contributed by atoms with E-state index in [1.807, 2.05) is 29.2 Å². The number of ether oxygens (including phenoxy) is 1. The Labute approximate surface area is 164 Å². The number of nitrogens with zero attached hydrogens (tertiary/aromatic N) is 3. The summed E-state index contributed by atoms with van der Waals surface area (Å²) in [6.45, 7) is 4.90. The lowest BCUT2D eigenvalue weighted by atomic mass is 9.95. The van der Waals surface area contributed by atoms with Crippen molar-refractivity contribution in [3.05, 3.63) is 71.9 Å². The molecule has 1 atom stereocenters. The highest BCUT2D eigenvalue weighted by atomic mass is 16.5. The first-order chi connectivity index (χ1) is 13.7. The number of rotatable bonds is 4. The number of morpholine rings is 1. The van der Waals surface area contributed by atoms with Gasteiger partial charge in [-0.25, -0.2) is 0 Å². The fraction of sp³-hybridized carbons (Fsp3) is 0.273. The van der Waals surface area contributed by atoms with Crippen molar-refractivity contribution >= 4 is 11.8 Å². The molecule has 1 fully saturated rings. The summed E-state index contributed by atoms with van der Waals surface area (Å²) in [4.78, 5) is 6.35. The van der Waals surface area contributed by atoms with Gasteiger partial charge in [0.1, 0.15) is 0 Å². The molecule has 1 aliphatic heterocycles. The minimum atomic E-state index is 0.0992. The quantitative estimate of drug-likeness (QED) is 0.554. The zero-order chi connectivity index (χ0) is 19.3. The number of nitrogens with two attached hydrogens (primary N) is 1. The van der Waals surface area contributed by atoms with Crippen LogP contribution in [0.15, 0.2) is 70.2 Å². The third kappa shape index (κ3) is 4.07. The minimum Gasteiger partial charge on any atom is -0.378 e. The van der Waals surface area contributed by atoms with Crippen LogP contribution in [0.4, 0.5) is 5.88 Å². The van der Waals surface area contributed by atoms with Crippen LogP contribution in [-0.4, -0.2) is 42.3 Å². The molecule has 0 spiro atoms. The molecule has 28 heavy (non-hydrogen) atoms. The van der Waals surface area contributed by atoms with E-state index in [4.69, 9.17) is 15.0 Å². The molecule has 2 heterocycles. The molecule has 4 rings (SSSR count). The van der Waals surface area contributed by atoms with E-state index in [1.165, 1.54) is 16.7 Å². The van der Waals surface area contributed by atoms with E-state index >= 15 is 0 Å². The number of hydrogen-bond acceptors (Lipinski definition) is 4. The predicted molar refractivity (Wildman–Crippen MR) is 110 cm³/mol. The lowest BCUT2D eigenvalue weighted by molar-refractivity contribution is 0.0675. The topological polar surface area (TPSA) is 76.9 Å². The Balaban J connectivity index is 1.47. The summed E-state index contributed by atoms with van der Waals surface area (Å²) in [5.41, 5.74) is 10.5. The largest absolute Gasteiger partial charge is 0.378 e. The van der Waals surface area contributed by atoms with Crippen LogP contribution in [-0.2, 0) is 4.74 Å². The Kier molecular flexibility index (Phi) is 5.39. The fourth-order valence-electron chi connectivity index (χ4n) is 3.28. The van der Waals surface area contributed by atoms with Gasteiger partial charge >= 0.3 is 0 Å². The van der Waals surface area contributed by atoms with Gasteiger partial charge in [0.25, 0.3) is 5.88 Å². The number of aromatic nitrogens is 1. The van der Waals surface area contributed by atoms with Crippen LogP contribution in [0.3, 0.4) is 0 Å². The number of guanidine groups is 1. The summed E-state index contributed by atoms with van der Waals surface area (Å²) in [6, 6.07) is 20.7. The molecule has 6 nitrogen and oxygen atoms in total. The zero-order valence-electron chi connectivity index (χ0n) is 15.9. The van der Waals surface area contributed by atoms with Crippen LogP contribution in [0.2, 0.25) is 0 Å². The van der Waals surface area contributed by atoms with Gasteiger partial charge in [-0.2, -0.15) is 4.99 Å². The fourth-order valence-corrected chi connectivity index (χ4v) is 3.28. The maximum Gasteiger partial charge on any atom is 0.253 e. The summed E-state index contributed by atoms with van der Waals surface area (Å²) < 4.78 is 10.7. The monoisotopic (exact) mass is 376 g/mol. The predicted octanol–water partition coefficient (Wildman–Crippen LogP) is 3.77. The average molecular weight is 376 g/mol. The number of aliphatic imine (C=N–C) groups is 1. The Morgan fingerprint density at radius 1 is 1.04 bits per heavy atom. The summed E-state index contributed by atoms with van der Waals surface area (Å²) in [5.74, 6) is 0.958. The number of hydrogen-bond donors (Lipinski definition) is 1. The molecule has 0 bridgehead atoms. The third-order valence-corrected chi connectivity index (χ3v) is 5.04. The highest BCUT2D eigenvalue weighted by molar-refractivity contribution is 5.80. The Bertz CT molecular complexity index is 929. The maximum absolute atomic E-state index is 6.08. The van der Waals surface area contributed by atoms with Gasteiger partial charge in [0.2, 0.25) is 0 Å². The van der Waals surface area contributed by atoms with Crippen LogP contribution in [0.5, 0.6) is 0 Å². The molecule has 3 aromatic rings. The maximum atomic E-state index is 6.08. The summed E-state index contributed by atoms with van der Waals surface area (Å²) in [7, 11) is 0. The Morgan fingerprint density at radius 3 is 2.43 bits per heavy atom. The SMILES string of the molecule is CC(c1ccc(-c2ccccc2)cc1)c1cc(N=C(N)N2CCOCC2)on1. The van der Waals surface area contributed by atoms with Gasteiger partial charge < -0.3 is 19.9 Å². The average Bonchev–Trinajstić information content (AvgIpc) is 3.23. The van der Waals surface area contributed by atoms with Gasteiger partial charge in [0, 0.05) is 25.1 Å². The van der Waals surface area contributed by atoms with E-state index in [1.54, 1.807) is 0 Å². The van der Waals surface area contributed by atoms with Crippen molar-refractivity contribution < 1.29 is 9.26 Å². The molecule has 1 aromatic heterocycles. The Morgan fingerprint density at radius 2 is 1.71 bits per heavy atom. The van der Waals surface area contributed by atoms with Crippen LogP contribution < -0.4 is 5.73 Å². The molecule has 1 aliphatic rings. The van der Waals surface area contributed by atoms with Gasteiger partial charge in [-0.3, -0.25) is 0 Å². The van der Waals surface area contributed by atoms with Gasteiger partial charge in [0.05, 0.1) is 18.9 Å². The van der Waals surface area contributed by atoms with Crippen molar-refractivity contribution in [2.75, 3.05) is 26.3 Å². The molecular formula is C22H24N4O2. The van der Waals surface area contributed by atoms with E-state index in [9.17, 15) is 0 Å². The molecule has 0 radical (unpaired) electrons. The van der Waals surface area contributed by atoms with Crippen molar-refractivity contribution in [1.82, 2.24) is 10.1 Å². The first-order valence-electron chi connectivity index (χ1n) is 9.49. The molecule has 1 saturated heterocycles. The van der Waals surface area contributed by atoms with Crippen LogP contribution in [0, 0.1) is 0 Å². The van der Waals surface area contributed by atoms with Crippen LogP contribution >= 0.6 is 0 Å². The second-order valence-electron chi connectivity index (χ2n) is 6.87. The van der Waals surface area contributed by atoms with E-state index in [0.29, 0.717) is 25.1 Å². The second kappa shape index (κ2) is 8.27. The molecule has 2 N–H and O–H groups in total. The molecule has 0 aliphatic carbocycles. The lowest BCUT2D eigenvalue weighted by Gasteiger charge is -2.27. The van der Waals surface area contributed by atoms with Crippen molar-refractivity contribution in [1.29, 1.82) is 0 Å². The Hall–Kier alpha value is -3.12. The molecule has 0 amide bonds. The lowest BCUT2D eigenvalue weighted by Crippen LogP contribution is -2.44. The molecule has 6 heteroatoms. The van der Waals surface area contributed by atoms with E-state index in [-0.39, 0.29) is 5.92 Å². The van der Waals surface area contributed by atoms with Gasteiger partial charge in [-0.15, -0.1) is 0 Å². The number of benzene rings is 2. The van der Waals surface area contributed by atoms with Crippen LogP contribution in [0.1, 0.15) is 24.1 Å². The van der Waals surface area contributed by atoms with Gasteiger partial charge in [-0.05, 0) is 16.7 Å². The molecule has 2 aromatic carbocycles. The standard InChI is InChI=1S/C22H24N4O2/c1-16(17-7-9-19(10-8-17)18-5-3-2-4-6-18)20-15-21(28-25-20)24-22(23)26-11-13-27-14-12-26/h2-10,15-16H,11-14H2,1H3,(H2,23,24). The van der Waals surface area contributed by atoms with E-state index in [2.05, 4.69) is 53.5 Å². The molecule has 0 saturated carbocycles. The van der Waals surface area contributed by atoms with Gasteiger partial charge in [0.15, 0.2) is 5.96 Å². The van der Waals surface area contributed by atoms with Crippen LogP contribution in [0.25, 0.3) is 11.1 Å². The van der Waals surface area contributed by atoms with E-state index < -0.39 is 0 Å².